The summed E-state index contributed by atoms with van der Waals surface area (Å²) in [7, 11) is 0. The largest absolute Gasteiger partial charge is 0.379 e. The lowest BCUT2D eigenvalue weighted by molar-refractivity contribution is -0.121. The molecule has 6 heteroatoms. The average molecular weight is 488 g/mol. The molecule has 1 rings (SSSR count). The molecule has 196 valence electrons. The van der Waals surface area contributed by atoms with Crippen molar-refractivity contribution in [2.24, 2.45) is 0 Å². The summed E-state index contributed by atoms with van der Waals surface area (Å²) in [6.07, 6.45) is 19.0. The maximum Gasteiger partial charge on any atom is 0.219 e. The van der Waals surface area contributed by atoms with Gasteiger partial charge >= 0.3 is 0 Å². The number of amides is 1. The molecule has 33 heavy (non-hydrogen) atoms. The summed E-state index contributed by atoms with van der Waals surface area (Å²) in [5.74, 6) is 0.182. The molecule has 1 fully saturated rings. The van der Waals surface area contributed by atoms with E-state index in [2.05, 4.69) is 24.0 Å². The molecule has 1 N–H and O–H groups in total. The van der Waals surface area contributed by atoms with Gasteiger partial charge in [0, 0.05) is 36.7 Å². The average Bonchev–Trinajstić information content (AvgIpc) is 3.57. The summed E-state index contributed by atoms with van der Waals surface area (Å²) in [5.41, 5.74) is 0. The number of nitrogens with one attached hydrogen (secondary N) is 1. The van der Waals surface area contributed by atoms with Gasteiger partial charge in [0.15, 0.2) is 0 Å². The Bertz CT molecular complexity index is 438. The van der Waals surface area contributed by atoms with Gasteiger partial charge < -0.3 is 19.5 Å². The Morgan fingerprint density at radius 1 is 0.667 bits per heavy atom. The molecule has 0 bridgehead atoms. The van der Waals surface area contributed by atoms with Crippen LogP contribution in [0.4, 0.5) is 0 Å². The SMILES string of the molecule is CCCCCCCCC1SC1CCCCCCCC(=O)NCCCOCCOCCOCC. The highest BCUT2D eigenvalue weighted by Gasteiger charge is 2.36. The molecule has 2 atom stereocenters. The number of hydrogen-bond donors (Lipinski definition) is 1. The van der Waals surface area contributed by atoms with Crippen LogP contribution >= 0.6 is 11.8 Å². The zero-order chi connectivity index (χ0) is 23.8. The fourth-order valence-electron chi connectivity index (χ4n) is 4.05. The summed E-state index contributed by atoms with van der Waals surface area (Å²) < 4.78 is 16.1. The highest BCUT2D eigenvalue weighted by atomic mass is 32.2. The van der Waals surface area contributed by atoms with Crippen molar-refractivity contribution in [1.82, 2.24) is 5.32 Å². The van der Waals surface area contributed by atoms with Gasteiger partial charge in [-0.25, -0.2) is 0 Å². The number of carbonyl (C=O) groups excluding carboxylic acids is 1. The Morgan fingerprint density at radius 3 is 1.85 bits per heavy atom. The van der Waals surface area contributed by atoms with Crippen molar-refractivity contribution >= 4 is 17.7 Å². The third-order valence-corrected chi connectivity index (χ3v) is 7.67. The van der Waals surface area contributed by atoms with Crippen molar-refractivity contribution in [2.75, 3.05) is 46.2 Å². The molecule has 0 aromatic carbocycles. The summed E-state index contributed by atoms with van der Waals surface area (Å²) in [5, 5.41) is 4.94. The molecule has 1 saturated heterocycles. The summed E-state index contributed by atoms with van der Waals surface area (Å²) in [6, 6.07) is 0. The first-order valence-electron chi connectivity index (χ1n) is 13.9. The fourth-order valence-corrected chi connectivity index (χ4v) is 5.28. The molecule has 2 unspecified atom stereocenters. The van der Waals surface area contributed by atoms with Gasteiger partial charge in [0.2, 0.25) is 5.91 Å². The van der Waals surface area contributed by atoms with Crippen LogP contribution in [-0.4, -0.2) is 62.6 Å². The van der Waals surface area contributed by atoms with Crippen LogP contribution in [0, 0.1) is 0 Å². The second kappa shape index (κ2) is 23.4. The zero-order valence-electron chi connectivity index (χ0n) is 21.8. The molecule has 0 aromatic rings. The van der Waals surface area contributed by atoms with E-state index in [0.29, 0.717) is 46.0 Å². The Morgan fingerprint density at radius 2 is 1.21 bits per heavy atom. The summed E-state index contributed by atoms with van der Waals surface area (Å²) in [4.78, 5) is 11.9. The molecule has 0 aliphatic carbocycles. The van der Waals surface area contributed by atoms with Gasteiger partial charge in [-0.05, 0) is 32.6 Å². The van der Waals surface area contributed by atoms with E-state index < -0.39 is 0 Å². The third kappa shape index (κ3) is 20.8. The highest BCUT2D eigenvalue weighted by molar-refractivity contribution is 8.07. The van der Waals surface area contributed by atoms with Crippen molar-refractivity contribution < 1.29 is 19.0 Å². The Labute approximate surface area is 208 Å². The van der Waals surface area contributed by atoms with Crippen LogP contribution in [0.1, 0.15) is 110 Å². The minimum Gasteiger partial charge on any atom is -0.379 e. The smallest absolute Gasteiger partial charge is 0.219 e. The first-order valence-corrected chi connectivity index (χ1v) is 14.9. The summed E-state index contributed by atoms with van der Waals surface area (Å²) >= 11 is 2.22. The normalized spacial score (nSPS) is 17.4. The van der Waals surface area contributed by atoms with E-state index in [4.69, 9.17) is 14.2 Å². The molecule has 0 spiro atoms. The van der Waals surface area contributed by atoms with E-state index in [1.54, 1.807) is 0 Å². The topological polar surface area (TPSA) is 56.8 Å². The van der Waals surface area contributed by atoms with E-state index in [1.807, 2.05) is 6.92 Å². The van der Waals surface area contributed by atoms with Gasteiger partial charge in [-0.3, -0.25) is 4.79 Å². The number of thioether (sulfide) groups is 1. The van der Waals surface area contributed by atoms with Crippen LogP contribution in [0.15, 0.2) is 0 Å². The number of ether oxygens (including phenoxy) is 3. The Hall–Kier alpha value is -0.300. The maximum absolute atomic E-state index is 11.9. The molecule has 1 aliphatic rings. The first kappa shape index (κ1) is 30.7. The van der Waals surface area contributed by atoms with E-state index in [0.717, 1.165) is 29.9 Å². The van der Waals surface area contributed by atoms with E-state index in [1.165, 1.54) is 77.0 Å². The molecule has 1 amide bonds. The quantitative estimate of drug-likeness (QED) is 0.111. The monoisotopic (exact) mass is 487 g/mol. The molecular formula is C27H53NO4S. The lowest BCUT2D eigenvalue weighted by Gasteiger charge is -2.07. The lowest BCUT2D eigenvalue weighted by atomic mass is 10.0. The van der Waals surface area contributed by atoms with Crippen LogP contribution in [0.25, 0.3) is 0 Å². The van der Waals surface area contributed by atoms with Gasteiger partial charge in [-0.2, -0.15) is 11.8 Å². The molecule has 1 aliphatic heterocycles. The predicted molar refractivity (Wildman–Crippen MR) is 141 cm³/mol. The van der Waals surface area contributed by atoms with Gasteiger partial charge in [-0.1, -0.05) is 71.1 Å². The minimum absolute atomic E-state index is 0.182. The van der Waals surface area contributed by atoms with Crippen molar-refractivity contribution in [3.63, 3.8) is 0 Å². The van der Waals surface area contributed by atoms with Gasteiger partial charge in [0.05, 0.1) is 26.4 Å². The second-order valence-corrected chi connectivity index (χ2v) is 10.7. The van der Waals surface area contributed by atoms with E-state index in [9.17, 15) is 4.79 Å². The zero-order valence-corrected chi connectivity index (χ0v) is 22.6. The Kier molecular flexibility index (Phi) is 21.8. The van der Waals surface area contributed by atoms with Crippen LogP contribution in [0.3, 0.4) is 0 Å². The standard InChI is InChI=1S/C27H53NO4S/c1-3-5-6-7-9-12-16-25-26(33-25)17-13-10-8-11-14-18-27(29)28-19-15-20-31-23-24-32-22-21-30-4-2/h25-26H,3-24H2,1-2H3,(H,28,29). The highest BCUT2D eigenvalue weighted by Crippen LogP contribution is 2.47. The lowest BCUT2D eigenvalue weighted by Crippen LogP contribution is -2.25. The number of unbranched alkanes of at least 4 members (excludes halogenated alkanes) is 9. The first-order chi connectivity index (χ1) is 16.3. The molecule has 0 aromatic heterocycles. The van der Waals surface area contributed by atoms with Crippen LogP contribution in [0.2, 0.25) is 0 Å². The van der Waals surface area contributed by atoms with Gasteiger partial charge in [0.1, 0.15) is 0 Å². The van der Waals surface area contributed by atoms with Crippen LogP contribution in [-0.2, 0) is 19.0 Å². The number of hydrogen-bond acceptors (Lipinski definition) is 5. The van der Waals surface area contributed by atoms with E-state index in [-0.39, 0.29) is 5.91 Å². The van der Waals surface area contributed by atoms with Crippen molar-refractivity contribution in [2.45, 2.75) is 121 Å². The maximum atomic E-state index is 11.9. The van der Waals surface area contributed by atoms with Crippen LogP contribution < -0.4 is 5.32 Å². The van der Waals surface area contributed by atoms with Crippen molar-refractivity contribution in [1.29, 1.82) is 0 Å². The van der Waals surface area contributed by atoms with Gasteiger partial charge in [0.25, 0.3) is 0 Å². The van der Waals surface area contributed by atoms with Crippen LogP contribution in [0.5, 0.6) is 0 Å². The second-order valence-electron chi connectivity index (χ2n) is 9.20. The molecule has 0 saturated carbocycles. The summed E-state index contributed by atoms with van der Waals surface area (Å²) in [6.45, 7) is 8.80. The Balaban J connectivity index is 1.73. The molecule has 1 heterocycles. The van der Waals surface area contributed by atoms with Gasteiger partial charge in [-0.15, -0.1) is 0 Å². The molecular weight excluding hydrogens is 434 g/mol. The molecule has 0 radical (unpaired) electrons. The third-order valence-electron chi connectivity index (χ3n) is 6.16. The minimum atomic E-state index is 0.182. The molecule has 5 nitrogen and oxygen atoms in total. The van der Waals surface area contributed by atoms with Crippen molar-refractivity contribution in [3.05, 3.63) is 0 Å². The van der Waals surface area contributed by atoms with Crippen molar-refractivity contribution in [3.8, 4) is 0 Å². The number of rotatable bonds is 26. The van der Waals surface area contributed by atoms with E-state index >= 15 is 0 Å². The fraction of sp³-hybridized carbons (Fsp3) is 0.963. The number of carbonyl (C=O) groups is 1. The predicted octanol–water partition coefficient (Wildman–Crippen LogP) is 6.53.